The summed E-state index contributed by atoms with van der Waals surface area (Å²) in [5, 5.41) is 10.8. The Kier molecular flexibility index (Phi) is 7.38. The summed E-state index contributed by atoms with van der Waals surface area (Å²) >= 11 is 0. The standard InChI is InChI=1S/C23H26N4O6/c1-3-29-22(30-4-2)13-27-12-19(25-26-27)23(28)24-17-7-5-6-16(10-17)14-31-18-8-9-20-21(11-18)33-15-32-20/h5-12,22H,3-4,13-15H2,1-2H3,(H,24,28). The molecule has 3 aromatic rings. The summed E-state index contributed by atoms with van der Waals surface area (Å²) in [5.74, 6) is 1.67. The van der Waals surface area contributed by atoms with Crippen LogP contribution < -0.4 is 19.5 Å². The van der Waals surface area contributed by atoms with Crippen molar-refractivity contribution in [2.45, 2.75) is 33.3 Å². The van der Waals surface area contributed by atoms with Crippen LogP contribution in [0, 0.1) is 0 Å². The number of hydrogen-bond donors (Lipinski definition) is 1. The van der Waals surface area contributed by atoms with Crippen LogP contribution in [0.15, 0.2) is 48.7 Å². The predicted octanol–water partition coefficient (Wildman–Crippen LogP) is 3.24. The molecule has 1 amide bonds. The molecule has 4 rings (SSSR count). The predicted molar refractivity (Wildman–Crippen MR) is 118 cm³/mol. The molecule has 0 saturated carbocycles. The van der Waals surface area contributed by atoms with Crippen molar-refractivity contribution in [2.24, 2.45) is 0 Å². The Morgan fingerprint density at radius 2 is 1.94 bits per heavy atom. The van der Waals surface area contributed by atoms with Crippen molar-refractivity contribution in [2.75, 3.05) is 25.3 Å². The fraction of sp³-hybridized carbons (Fsp3) is 0.348. The lowest BCUT2D eigenvalue weighted by Gasteiger charge is -2.16. The van der Waals surface area contributed by atoms with Gasteiger partial charge in [0.15, 0.2) is 23.5 Å². The zero-order valence-electron chi connectivity index (χ0n) is 18.5. The molecule has 0 aliphatic carbocycles. The maximum absolute atomic E-state index is 12.6. The van der Waals surface area contributed by atoms with Crippen LogP contribution in [0.25, 0.3) is 0 Å². The fourth-order valence-electron chi connectivity index (χ4n) is 3.24. The van der Waals surface area contributed by atoms with Gasteiger partial charge in [0.05, 0.1) is 12.7 Å². The van der Waals surface area contributed by atoms with E-state index < -0.39 is 6.29 Å². The van der Waals surface area contributed by atoms with Gasteiger partial charge < -0.3 is 29.0 Å². The van der Waals surface area contributed by atoms with Crippen LogP contribution in [-0.2, 0) is 22.6 Å². The Balaban J connectivity index is 1.33. The lowest BCUT2D eigenvalue weighted by atomic mass is 10.2. The molecular formula is C23H26N4O6. The second-order valence-corrected chi connectivity index (χ2v) is 7.12. The van der Waals surface area contributed by atoms with Crippen LogP contribution in [0.2, 0.25) is 0 Å². The highest BCUT2D eigenvalue weighted by Crippen LogP contribution is 2.35. The number of carbonyl (C=O) groups is 1. The second kappa shape index (κ2) is 10.8. The molecule has 1 aromatic heterocycles. The number of amides is 1. The maximum atomic E-state index is 12.6. The highest BCUT2D eigenvalue weighted by Gasteiger charge is 2.16. The Labute approximate surface area is 191 Å². The molecule has 174 valence electrons. The number of hydrogen-bond acceptors (Lipinski definition) is 8. The first kappa shape index (κ1) is 22.6. The van der Waals surface area contributed by atoms with Crippen LogP contribution in [-0.4, -0.2) is 47.2 Å². The van der Waals surface area contributed by atoms with Gasteiger partial charge >= 0.3 is 0 Å². The minimum Gasteiger partial charge on any atom is -0.489 e. The van der Waals surface area contributed by atoms with Gasteiger partial charge in [-0.2, -0.15) is 0 Å². The van der Waals surface area contributed by atoms with Gasteiger partial charge in [-0.3, -0.25) is 4.79 Å². The Morgan fingerprint density at radius 1 is 1.12 bits per heavy atom. The number of rotatable bonds is 11. The van der Waals surface area contributed by atoms with Crippen LogP contribution in [0.3, 0.4) is 0 Å². The first-order chi connectivity index (χ1) is 16.1. The van der Waals surface area contributed by atoms with E-state index in [1.165, 1.54) is 4.68 Å². The third-order valence-corrected chi connectivity index (χ3v) is 4.75. The van der Waals surface area contributed by atoms with Crippen molar-refractivity contribution in [3.05, 3.63) is 59.9 Å². The number of anilines is 1. The monoisotopic (exact) mass is 454 g/mol. The van der Waals surface area contributed by atoms with Crippen LogP contribution >= 0.6 is 0 Å². The molecule has 2 aromatic carbocycles. The zero-order valence-corrected chi connectivity index (χ0v) is 18.5. The second-order valence-electron chi connectivity index (χ2n) is 7.12. The van der Waals surface area contributed by atoms with Crippen LogP contribution in [0.1, 0.15) is 29.9 Å². The minimum atomic E-state index is -0.445. The normalized spacial score (nSPS) is 12.2. The molecule has 0 atom stereocenters. The number of fused-ring (bicyclic) bond motifs is 1. The third kappa shape index (κ3) is 5.99. The van der Waals surface area contributed by atoms with Crippen LogP contribution in [0.5, 0.6) is 17.2 Å². The van der Waals surface area contributed by atoms with Gasteiger partial charge in [0.1, 0.15) is 12.4 Å². The van der Waals surface area contributed by atoms with E-state index in [0.29, 0.717) is 49.3 Å². The number of carbonyl (C=O) groups excluding carboxylic acids is 1. The molecule has 1 aliphatic heterocycles. The Bertz CT molecular complexity index is 1080. The molecule has 1 aliphatic rings. The summed E-state index contributed by atoms with van der Waals surface area (Å²) in [5.41, 5.74) is 1.72. The maximum Gasteiger partial charge on any atom is 0.277 e. The average molecular weight is 454 g/mol. The lowest BCUT2D eigenvalue weighted by molar-refractivity contribution is -0.145. The largest absolute Gasteiger partial charge is 0.489 e. The number of nitrogens with one attached hydrogen (secondary N) is 1. The summed E-state index contributed by atoms with van der Waals surface area (Å²) in [6, 6.07) is 12.8. The molecule has 0 spiro atoms. The molecule has 0 radical (unpaired) electrons. The van der Waals surface area contributed by atoms with Crippen molar-refractivity contribution in [3.8, 4) is 17.2 Å². The number of aromatic nitrogens is 3. The Hall–Kier alpha value is -3.63. The number of ether oxygens (including phenoxy) is 5. The van der Waals surface area contributed by atoms with E-state index in [1.807, 2.05) is 44.2 Å². The fourth-order valence-corrected chi connectivity index (χ4v) is 3.24. The van der Waals surface area contributed by atoms with E-state index >= 15 is 0 Å². The quantitative estimate of drug-likeness (QED) is 0.440. The van der Waals surface area contributed by atoms with E-state index in [0.717, 1.165) is 5.56 Å². The van der Waals surface area contributed by atoms with Crippen LogP contribution in [0.4, 0.5) is 5.69 Å². The molecule has 33 heavy (non-hydrogen) atoms. The summed E-state index contributed by atoms with van der Waals surface area (Å²) in [6.07, 6.45) is 1.12. The summed E-state index contributed by atoms with van der Waals surface area (Å²) in [6.45, 7) is 5.70. The molecule has 0 unspecified atom stereocenters. The van der Waals surface area contributed by atoms with Gasteiger partial charge in [-0.1, -0.05) is 17.3 Å². The topological polar surface area (TPSA) is 106 Å². The number of nitrogens with zero attached hydrogens (tertiary/aromatic N) is 3. The highest BCUT2D eigenvalue weighted by atomic mass is 16.7. The molecule has 0 saturated heterocycles. The summed E-state index contributed by atoms with van der Waals surface area (Å²) < 4.78 is 29.1. The van der Waals surface area contributed by atoms with E-state index in [-0.39, 0.29) is 18.4 Å². The van der Waals surface area contributed by atoms with Crippen molar-refractivity contribution < 1.29 is 28.5 Å². The minimum absolute atomic E-state index is 0.198. The zero-order chi connectivity index (χ0) is 23.0. The van der Waals surface area contributed by atoms with Gasteiger partial charge in [-0.05, 0) is 43.7 Å². The van der Waals surface area contributed by atoms with Gasteiger partial charge in [0, 0.05) is 25.0 Å². The van der Waals surface area contributed by atoms with E-state index in [4.69, 9.17) is 23.7 Å². The molecule has 10 nitrogen and oxygen atoms in total. The molecule has 0 bridgehead atoms. The van der Waals surface area contributed by atoms with E-state index in [2.05, 4.69) is 15.6 Å². The first-order valence-electron chi connectivity index (χ1n) is 10.7. The molecular weight excluding hydrogens is 428 g/mol. The van der Waals surface area contributed by atoms with Crippen molar-refractivity contribution in [1.29, 1.82) is 0 Å². The third-order valence-electron chi connectivity index (χ3n) is 4.75. The van der Waals surface area contributed by atoms with E-state index in [1.54, 1.807) is 18.3 Å². The smallest absolute Gasteiger partial charge is 0.277 e. The average Bonchev–Trinajstić information content (AvgIpc) is 3.47. The van der Waals surface area contributed by atoms with Crippen molar-refractivity contribution in [3.63, 3.8) is 0 Å². The summed E-state index contributed by atoms with van der Waals surface area (Å²) in [4.78, 5) is 12.6. The first-order valence-corrected chi connectivity index (χ1v) is 10.7. The number of benzene rings is 2. The highest BCUT2D eigenvalue weighted by molar-refractivity contribution is 6.02. The van der Waals surface area contributed by atoms with Crippen molar-refractivity contribution >= 4 is 11.6 Å². The SMILES string of the molecule is CCOC(Cn1cc(C(=O)Nc2cccc(COc3ccc4c(c3)OCO4)c2)nn1)OCC. The molecule has 10 heteroatoms. The molecule has 1 N–H and O–H groups in total. The Morgan fingerprint density at radius 3 is 2.76 bits per heavy atom. The lowest BCUT2D eigenvalue weighted by Crippen LogP contribution is -2.24. The summed E-state index contributed by atoms with van der Waals surface area (Å²) in [7, 11) is 0. The van der Waals surface area contributed by atoms with E-state index in [9.17, 15) is 4.79 Å². The molecule has 0 fully saturated rings. The van der Waals surface area contributed by atoms with Gasteiger partial charge in [-0.25, -0.2) is 4.68 Å². The van der Waals surface area contributed by atoms with Gasteiger partial charge in [0.2, 0.25) is 6.79 Å². The van der Waals surface area contributed by atoms with Crippen molar-refractivity contribution in [1.82, 2.24) is 15.0 Å². The van der Waals surface area contributed by atoms with Gasteiger partial charge in [-0.15, -0.1) is 5.10 Å². The van der Waals surface area contributed by atoms with Gasteiger partial charge in [0.25, 0.3) is 5.91 Å². The molecule has 2 heterocycles.